The maximum atomic E-state index is 12.7. The van der Waals surface area contributed by atoms with Crippen LogP contribution in [-0.2, 0) is 14.3 Å². The molecule has 0 aliphatic carbocycles. The topological polar surface area (TPSA) is 43.4 Å². The predicted octanol–water partition coefficient (Wildman–Crippen LogP) is 3.09. The Bertz CT molecular complexity index is 446. The lowest BCUT2D eigenvalue weighted by atomic mass is 10.2. The molecule has 0 heterocycles. The summed E-state index contributed by atoms with van der Waals surface area (Å²) in [5.74, 6) is -25.1. The van der Waals surface area contributed by atoms with Gasteiger partial charge in [-0.1, -0.05) is 0 Å². The van der Waals surface area contributed by atoms with E-state index in [1.165, 1.54) is 0 Å². The molecular weight excluding hydrogens is 360 g/mol. The molecule has 0 saturated carbocycles. The number of hydrogen-bond donors (Lipinski definition) is 0. The van der Waals surface area contributed by atoms with Crippen LogP contribution in [0.2, 0.25) is 0 Å². The highest BCUT2D eigenvalue weighted by atomic mass is 19.4. The zero-order valence-corrected chi connectivity index (χ0v) is 9.26. The minimum Gasteiger partial charge on any atom is -0.408 e. The highest BCUT2D eigenvalue weighted by Gasteiger charge is 2.79. The normalized spacial score (nSPS) is 14.7. The Kier molecular flexibility index (Phi) is 4.79. The van der Waals surface area contributed by atoms with Crippen molar-refractivity contribution in [2.24, 2.45) is 0 Å². The summed E-state index contributed by atoms with van der Waals surface area (Å²) in [5, 5.41) is 0. The van der Waals surface area contributed by atoms with E-state index in [4.69, 9.17) is 0 Å². The predicted molar refractivity (Wildman–Crippen MR) is 38.0 cm³/mol. The van der Waals surface area contributed by atoms with E-state index in [1.54, 1.807) is 4.74 Å². The molecule has 0 amide bonds. The fourth-order valence-electron chi connectivity index (χ4n) is 0.720. The molecule has 0 unspecified atom stereocenters. The Balaban J connectivity index is 5.81. The Morgan fingerprint density at radius 1 is 0.636 bits per heavy atom. The molecule has 0 aromatic carbocycles. The van der Waals surface area contributed by atoms with Crippen LogP contribution >= 0.6 is 0 Å². The summed E-state index contributed by atoms with van der Waals surface area (Å²) < 4.78 is 147. The lowest BCUT2D eigenvalue weighted by molar-refractivity contribution is -0.421. The summed E-state index contributed by atoms with van der Waals surface area (Å²) in [6.45, 7) is 0. The quantitative estimate of drug-likeness (QED) is 0.440. The van der Waals surface area contributed by atoms with Gasteiger partial charge in [0.15, 0.2) is 0 Å². The van der Waals surface area contributed by atoms with Crippen LogP contribution in [-0.4, -0.2) is 42.1 Å². The van der Waals surface area contributed by atoms with Gasteiger partial charge < -0.3 is 4.74 Å². The van der Waals surface area contributed by atoms with E-state index >= 15 is 0 Å². The fraction of sp³-hybridized carbons (Fsp3) is 0.714. The zero-order chi connectivity index (χ0) is 18.4. The standard InChI is InChI=1S/C7F12O3/c8-1(20)3(9,10)4(11,12)2(21)22-5(13,6(14,15)16)7(17,18)19. The van der Waals surface area contributed by atoms with Crippen LogP contribution < -0.4 is 0 Å². The van der Waals surface area contributed by atoms with Gasteiger partial charge in [-0.25, -0.2) is 4.79 Å². The van der Waals surface area contributed by atoms with Gasteiger partial charge in [-0.2, -0.15) is 52.7 Å². The number of alkyl halides is 11. The smallest absolute Gasteiger partial charge is 0.408 e. The van der Waals surface area contributed by atoms with E-state index < -0.39 is 42.1 Å². The molecule has 0 atom stereocenters. The van der Waals surface area contributed by atoms with Crippen LogP contribution in [0.1, 0.15) is 0 Å². The molecule has 130 valence electrons. The molecule has 0 saturated heterocycles. The lowest BCUT2D eigenvalue weighted by Gasteiger charge is -2.31. The van der Waals surface area contributed by atoms with Crippen molar-refractivity contribution < 1.29 is 67.0 Å². The highest BCUT2D eigenvalue weighted by Crippen LogP contribution is 2.48. The molecule has 0 aromatic rings. The van der Waals surface area contributed by atoms with E-state index in [0.717, 1.165) is 0 Å². The minimum atomic E-state index is -7.19. The van der Waals surface area contributed by atoms with E-state index in [1.807, 2.05) is 0 Å². The van der Waals surface area contributed by atoms with Crippen molar-refractivity contribution in [3.05, 3.63) is 0 Å². The monoisotopic (exact) mass is 360 g/mol. The third-order valence-electron chi connectivity index (χ3n) is 1.86. The summed E-state index contributed by atoms with van der Waals surface area (Å²) in [7, 11) is 0. The number of hydrogen-bond acceptors (Lipinski definition) is 3. The van der Waals surface area contributed by atoms with Crippen LogP contribution in [0.5, 0.6) is 0 Å². The van der Waals surface area contributed by atoms with Crippen LogP contribution in [0, 0.1) is 0 Å². The molecule has 0 N–H and O–H groups in total. The van der Waals surface area contributed by atoms with Gasteiger partial charge >= 0.3 is 42.1 Å². The maximum Gasteiger partial charge on any atom is 0.470 e. The molecule has 15 heteroatoms. The second-order valence-corrected chi connectivity index (χ2v) is 3.40. The fourth-order valence-corrected chi connectivity index (χ4v) is 0.720. The van der Waals surface area contributed by atoms with Crippen molar-refractivity contribution in [1.29, 1.82) is 0 Å². The van der Waals surface area contributed by atoms with E-state index in [-0.39, 0.29) is 0 Å². The average Bonchev–Trinajstić information content (AvgIpc) is 2.24. The summed E-state index contributed by atoms with van der Waals surface area (Å²) in [4.78, 5) is 19.8. The number of halogens is 12. The van der Waals surface area contributed by atoms with Gasteiger partial charge in [0.2, 0.25) is 0 Å². The van der Waals surface area contributed by atoms with Crippen molar-refractivity contribution in [3.63, 3.8) is 0 Å². The van der Waals surface area contributed by atoms with E-state index in [9.17, 15) is 62.3 Å². The second kappa shape index (κ2) is 5.19. The maximum absolute atomic E-state index is 12.7. The van der Waals surface area contributed by atoms with E-state index in [0.29, 0.717) is 0 Å². The SMILES string of the molecule is O=C(F)C(F)(F)C(F)(F)C(=O)OC(F)(C(F)(F)F)C(F)(F)F. The lowest BCUT2D eigenvalue weighted by Crippen LogP contribution is -2.60. The third-order valence-corrected chi connectivity index (χ3v) is 1.86. The van der Waals surface area contributed by atoms with Crippen molar-refractivity contribution in [2.45, 2.75) is 30.1 Å². The van der Waals surface area contributed by atoms with Crippen molar-refractivity contribution in [2.75, 3.05) is 0 Å². The minimum absolute atomic E-state index is 1.76. The Hall–Kier alpha value is -1.70. The number of carbonyl (C=O) groups is 2. The molecule has 0 aromatic heterocycles. The average molecular weight is 360 g/mol. The summed E-state index contributed by atoms with van der Waals surface area (Å²) in [6, 6.07) is -4.28. The Morgan fingerprint density at radius 2 is 0.955 bits per heavy atom. The van der Waals surface area contributed by atoms with Gasteiger partial charge in [0.05, 0.1) is 0 Å². The Morgan fingerprint density at radius 3 is 1.18 bits per heavy atom. The Labute approximate surface area is 110 Å². The number of carbonyl (C=O) groups excluding carboxylic acids is 2. The highest BCUT2D eigenvalue weighted by molar-refractivity contribution is 5.89. The summed E-state index contributed by atoms with van der Waals surface area (Å²) in [6.07, 6.45) is -14.4. The molecule has 0 aliphatic heterocycles. The number of esters is 1. The first-order valence-electron chi connectivity index (χ1n) is 4.33. The van der Waals surface area contributed by atoms with Gasteiger partial charge in [0, 0.05) is 0 Å². The van der Waals surface area contributed by atoms with Crippen molar-refractivity contribution >= 4 is 12.0 Å². The molecule has 0 rings (SSSR count). The molecule has 0 aliphatic rings. The third kappa shape index (κ3) is 3.06. The van der Waals surface area contributed by atoms with Crippen LogP contribution in [0.15, 0.2) is 0 Å². The van der Waals surface area contributed by atoms with E-state index in [2.05, 4.69) is 0 Å². The van der Waals surface area contributed by atoms with Crippen molar-refractivity contribution in [3.8, 4) is 0 Å². The molecule has 0 spiro atoms. The van der Waals surface area contributed by atoms with Crippen LogP contribution in [0.3, 0.4) is 0 Å². The summed E-state index contributed by atoms with van der Waals surface area (Å²) in [5.41, 5.74) is 0. The molecular formula is C7F12O3. The largest absolute Gasteiger partial charge is 0.470 e. The van der Waals surface area contributed by atoms with Gasteiger partial charge in [0.25, 0.3) is 0 Å². The first-order valence-corrected chi connectivity index (χ1v) is 4.33. The molecule has 0 bridgehead atoms. The number of ether oxygens (including phenoxy) is 1. The number of rotatable bonds is 4. The zero-order valence-electron chi connectivity index (χ0n) is 9.26. The van der Waals surface area contributed by atoms with Crippen LogP contribution in [0.4, 0.5) is 52.7 Å². The van der Waals surface area contributed by atoms with Gasteiger partial charge in [-0.05, 0) is 0 Å². The molecule has 0 fully saturated rings. The van der Waals surface area contributed by atoms with Crippen LogP contribution in [0.25, 0.3) is 0 Å². The first kappa shape index (κ1) is 20.3. The molecule has 0 radical (unpaired) electrons. The summed E-state index contributed by atoms with van der Waals surface area (Å²) >= 11 is 0. The van der Waals surface area contributed by atoms with Crippen molar-refractivity contribution in [1.82, 2.24) is 0 Å². The molecule has 3 nitrogen and oxygen atoms in total. The van der Waals surface area contributed by atoms with Gasteiger partial charge in [0.1, 0.15) is 0 Å². The molecule has 22 heavy (non-hydrogen) atoms. The van der Waals surface area contributed by atoms with Gasteiger partial charge in [-0.15, -0.1) is 0 Å². The second-order valence-electron chi connectivity index (χ2n) is 3.40. The first-order chi connectivity index (χ1) is 9.32. The van der Waals surface area contributed by atoms with Gasteiger partial charge in [-0.3, -0.25) is 4.79 Å².